The number of fused-ring (bicyclic) bond motifs is 1. The second-order valence-electron chi connectivity index (χ2n) is 4.70. The minimum atomic E-state index is -0.298. The van der Waals surface area contributed by atoms with Crippen molar-refractivity contribution in [1.82, 2.24) is 15.1 Å². The van der Waals surface area contributed by atoms with Crippen LogP contribution in [0.25, 0.3) is 10.9 Å². The molecule has 0 bridgehead atoms. The molecule has 2 heterocycles. The molecule has 0 saturated carbocycles. The van der Waals surface area contributed by atoms with E-state index in [2.05, 4.69) is 26.3 Å². The highest BCUT2D eigenvalue weighted by Crippen LogP contribution is 2.33. The monoisotopic (exact) mass is 321 g/mol. The predicted octanol–water partition coefficient (Wildman–Crippen LogP) is 1.86. The van der Waals surface area contributed by atoms with Crippen molar-refractivity contribution in [2.24, 2.45) is 7.05 Å². The fourth-order valence-corrected chi connectivity index (χ4v) is 3.07. The zero-order valence-electron chi connectivity index (χ0n) is 10.3. The van der Waals surface area contributed by atoms with E-state index in [-0.39, 0.29) is 17.7 Å². The highest BCUT2D eigenvalue weighted by Gasteiger charge is 2.30. The van der Waals surface area contributed by atoms with Crippen LogP contribution in [0.2, 0.25) is 0 Å². The Bertz CT molecular complexity index is 692. The van der Waals surface area contributed by atoms with Gasteiger partial charge in [0.25, 0.3) is 0 Å². The largest absolute Gasteiger partial charge is 0.296 e. The Labute approximate surface area is 118 Å². The Kier molecular flexibility index (Phi) is 2.89. The Hall–Kier alpha value is -1.69. The lowest BCUT2D eigenvalue weighted by atomic mass is 9.89. The lowest BCUT2D eigenvalue weighted by molar-refractivity contribution is -0.134. The molecule has 1 fully saturated rings. The van der Waals surface area contributed by atoms with Gasteiger partial charge in [-0.25, -0.2) is 0 Å². The molecule has 1 aromatic heterocycles. The van der Waals surface area contributed by atoms with Crippen molar-refractivity contribution in [3.05, 3.63) is 28.4 Å². The van der Waals surface area contributed by atoms with Gasteiger partial charge in [-0.05, 0) is 24.1 Å². The molecule has 0 spiro atoms. The molecule has 2 amide bonds. The summed E-state index contributed by atoms with van der Waals surface area (Å²) >= 11 is 3.46. The van der Waals surface area contributed by atoms with Gasteiger partial charge in [0.05, 0.1) is 17.6 Å². The second kappa shape index (κ2) is 4.45. The van der Waals surface area contributed by atoms with Gasteiger partial charge in [0.1, 0.15) is 0 Å². The number of imide groups is 1. The molecule has 0 aliphatic carbocycles. The van der Waals surface area contributed by atoms with Crippen LogP contribution in [0.4, 0.5) is 0 Å². The van der Waals surface area contributed by atoms with Crippen LogP contribution >= 0.6 is 15.9 Å². The van der Waals surface area contributed by atoms with Crippen LogP contribution in [-0.2, 0) is 16.6 Å². The van der Waals surface area contributed by atoms with Gasteiger partial charge in [-0.3, -0.25) is 19.6 Å². The van der Waals surface area contributed by atoms with Crippen LogP contribution in [0, 0.1) is 0 Å². The van der Waals surface area contributed by atoms with Gasteiger partial charge in [0.2, 0.25) is 11.8 Å². The molecule has 1 aliphatic heterocycles. The maximum Gasteiger partial charge on any atom is 0.234 e. The fourth-order valence-electron chi connectivity index (χ4n) is 2.58. The van der Waals surface area contributed by atoms with Crippen LogP contribution in [0.3, 0.4) is 0 Å². The third-order valence-corrected chi connectivity index (χ3v) is 3.90. The van der Waals surface area contributed by atoms with E-state index < -0.39 is 0 Å². The summed E-state index contributed by atoms with van der Waals surface area (Å²) in [4.78, 5) is 23.3. The first-order valence-electron chi connectivity index (χ1n) is 6.01. The fraction of sp³-hybridized carbons (Fsp3) is 0.308. The van der Waals surface area contributed by atoms with Gasteiger partial charge < -0.3 is 0 Å². The Balaban J connectivity index is 2.16. The molecular weight excluding hydrogens is 310 g/mol. The molecule has 2 aromatic rings. The van der Waals surface area contributed by atoms with Crippen LogP contribution in [0.1, 0.15) is 24.3 Å². The van der Waals surface area contributed by atoms with Crippen molar-refractivity contribution in [3.63, 3.8) is 0 Å². The maximum atomic E-state index is 12.0. The molecule has 1 saturated heterocycles. The first kappa shape index (κ1) is 12.3. The molecule has 6 heteroatoms. The zero-order valence-corrected chi connectivity index (χ0v) is 11.9. The molecule has 1 aromatic carbocycles. The van der Waals surface area contributed by atoms with E-state index in [4.69, 9.17) is 0 Å². The molecule has 3 rings (SSSR count). The van der Waals surface area contributed by atoms with Crippen molar-refractivity contribution in [2.75, 3.05) is 0 Å². The van der Waals surface area contributed by atoms with Gasteiger partial charge in [-0.2, -0.15) is 5.10 Å². The number of nitrogens with one attached hydrogen (secondary N) is 1. The zero-order chi connectivity index (χ0) is 13.6. The summed E-state index contributed by atoms with van der Waals surface area (Å²) in [5.41, 5.74) is 1.85. The molecule has 19 heavy (non-hydrogen) atoms. The van der Waals surface area contributed by atoms with Gasteiger partial charge in [0.15, 0.2) is 0 Å². The SMILES string of the molecule is Cn1ncc2cc(Br)cc(C3CCC(=O)NC3=O)c21. The summed E-state index contributed by atoms with van der Waals surface area (Å²) in [6.07, 6.45) is 2.69. The van der Waals surface area contributed by atoms with Gasteiger partial charge in [-0.15, -0.1) is 0 Å². The number of aryl methyl sites for hydroxylation is 1. The van der Waals surface area contributed by atoms with Gasteiger partial charge >= 0.3 is 0 Å². The number of piperidine rings is 1. The third kappa shape index (κ3) is 2.06. The molecule has 98 valence electrons. The lowest BCUT2D eigenvalue weighted by Gasteiger charge is -2.22. The Morgan fingerprint density at radius 3 is 2.95 bits per heavy atom. The number of nitrogens with zero attached hydrogens (tertiary/aromatic N) is 2. The summed E-state index contributed by atoms with van der Waals surface area (Å²) in [6.45, 7) is 0. The van der Waals surface area contributed by atoms with E-state index in [9.17, 15) is 9.59 Å². The average Bonchev–Trinajstić information content (AvgIpc) is 2.70. The van der Waals surface area contributed by atoms with E-state index in [1.54, 1.807) is 10.9 Å². The lowest BCUT2D eigenvalue weighted by Crippen LogP contribution is -2.39. The molecule has 5 nitrogen and oxygen atoms in total. The Morgan fingerprint density at radius 2 is 2.21 bits per heavy atom. The van der Waals surface area contributed by atoms with Crippen molar-refractivity contribution in [1.29, 1.82) is 0 Å². The third-order valence-electron chi connectivity index (χ3n) is 3.44. The standard InChI is InChI=1S/C13H12BrN3O2/c1-17-12-7(6-15-17)4-8(14)5-10(12)9-2-3-11(18)16-13(9)19/h4-6,9H,2-3H2,1H3,(H,16,18,19). The topological polar surface area (TPSA) is 64.0 Å². The minimum absolute atomic E-state index is 0.197. The van der Waals surface area contributed by atoms with Crippen LogP contribution in [-0.4, -0.2) is 21.6 Å². The van der Waals surface area contributed by atoms with E-state index >= 15 is 0 Å². The van der Waals surface area contributed by atoms with E-state index in [1.807, 2.05) is 19.2 Å². The highest BCUT2D eigenvalue weighted by atomic mass is 79.9. The summed E-state index contributed by atoms with van der Waals surface area (Å²) in [5, 5.41) is 7.61. The number of amides is 2. The van der Waals surface area contributed by atoms with Crippen LogP contribution < -0.4 is 5.32 Å². The van der Waals surface area contributed by atoms with Crippen LogP contribution in [0.5, 0.6) is 0 Å². The number of hydrogen-bond acceptors (Lipinski definition) is 3. The number of benzene rings is 1. The van der Waals surface area contributed by atoms with Gasteiger partial charge in [-0.1, -0.05) is 15.9 Å². The smallest absolute Gasteiger partial charge is 0.234 e. The van der Waals surface area contributed by atoms with E-state index in [0.717, 1.165) is 20.9 Å². The molecular formula is C13H12BrN3O2. The Morgan fingerprint density at radius 1 is 1.42 bits per heavy atom. The van der Waals surface area contributed by atoms with E-state index in [0.29, 0.717) is 12.8 Å². The summed E-state index contributed by atoms with van der Waals surface area (Å²) in [6, 6.07) is 3.90. The first-order valence-corrected chi connectivity index (χ1v) is 6.80. The van der Waals surface area contributed by atoms with E-state index in [1.165, 1.54) is 0 Å². The predicted molar refractivity (Wildman–Crippen MR) is 73.5 cm³/mol. The van der Waals surface area contributed by atoms with Crippen LogP contribution in [0.15, 0.2) is 22.8 Å². The second-order valence-corrected chi connectivity index (χ2v) is 5.62. The number of carbonyl (C=O) groups is 2. The summed E-state index contributed by atoms with van der Waals surface area (Å²) in [5.74, 6) is -0.720. The molecule has 1 atom stereocenters. The normalized spacial score (nSPS) is 19.8. The average molecular weight is 322 g/mol. The number of aromatic nitrogens is 2. The molecule has 1 unspecified atom stereocenters. The molecule has 1 aliphatic rings. The quantitative estimate of drug-likeness (QED) is 0.815. The summed E-state index contributed by atoms with van der Waals surface area (Å²) in [7, 11) is 1.85. The van der Waals surface area contributed by atoms with Crippen molar-refractivity contribution in [2.45, 2.75) is 18.8 Å². The molecule has 1 N–H and O–H groups in total. The summed E-state index contributed by atoms with van der Waals surface area (Å²) < 4.78 is 2.67. The molecule has 0 radical (unpaired) electrons. The van der Waals surface area contributed by atoms with Crippen molar-refractivity contribution >= 4 is 38.6 Å². The number of halogens is 1. The number of rotatable bonds is 1. The minimum Gasteiger partial charge on any atom is -0.296 e. The maximum absolute atomic E-state index is 12.0. The van der Waals surface area contributed by atoms with Crippen molar-refractivity contribution < 1.29 is 9.59 Å². The highest BCUT2D eigenvalue weighted by molar-refractivity contribution is 9.10. The number of hydrogen-bond donors (Lipinski definition) is 1. The first-order chi connectivity index (χ1) is 9.06. The van der Waals surface area contributed by atoms with Gasteiger partial charge in [0, 0.05) is 23.3 Å². The number of carbonyl (C=O) groups excluding carboxylic acids is 2. The van der Waals surface area contributed by atoms with Crippen molar-refractivity contribution in [3.8, 4) is 0 Å².